The monoisotopic (exact) mass is 164 g/mol. The molecular weight excluding hydrogens is 161 g/mol. The minimum Gasteiger partial charge on any atom is -0.175 e. The molecule has 0 aliphatic carbocycles. The summed E-state index contributed by atoms with van der Waals surface area (Å²) < 4.78 is 55.1. The predicted molar refractivity (Wildman–Crippen MR) is 21.7 cm³/mol. The summed E-state index contributed by atoms with van der Waals surface area (Å²) >= 11 is 0. The van der Waals surface area contributed by atoms with Gasteiger partial charge in [-0.1, -0.05) is 3.89 Å². The molecule has 0 aliphatic heterocycles. The molecule has 0 fully saturated rings. The van der Waals surface area contributed by atoms with Crippen LogP contribution in [0.15, 0.2) is 0 Å². The Labute approximate surface area is 49.8 Å². The highest BCUT2D eigenvalue weighted by Gasteiger charge is 2.30. The van der Waals surface area contributed by atoms with E-state index in [1.165, 1.54) is 0 Å². The summed E-state index contributed by atoms with van der Waals surface area (Å²) in [7, 11) is -5.53. The van der Waals surface area contributed by atoms with Gasteiger partial charge in [-0.3, -0.25) is 0 Å². The first-order chi connectivity index (χ1) is 3.71. The van der Waals surface area contributed by atoms with Crippen molar-refractivity contribution in [1.82, 2.24) is 0 Å². The van der Waals surface area contributed by atoms with Crippen LogP contribution in [0.1, 0.15) is 6.92 Å². The third kappa shape index (κ3) is 7.70. The van der Waals surface area contributed by atoms with Crippen LogP contribution >= 0.6 is 0 Å². The van der Waals surface area contributed by atoms with E-state index in [0.29, 0.717) is 0 Å². The van der Waals surface area contributed by atoms with Crippen LogP contribution in [0.2, 0.25) is 0 Å². The van der Waals surface area contributed by atoms with Crippen LogP contribution in [0.4, 0.5) is 12.7 Å². The Hall–Kier alpha value is -0.300. The standard InChI is InChI=1S/C2H3F3O3S/c1-2(3,4)8-9(5,6)7/h1H3. The number of alkyl halides is 2. The number of halogens is 3. The minimum absolute atomic E-state index is 0.115. The first-order valence-electron chi connectivity index (χ1n) is 1.74. The van der Waals surface area contributed by atoms with Crippen LogP contribution in [-0.2, 0) is 14.7 Å². The summed E-state index contributed by atoms with van der Waals surface area (Å²) in [5, 5.41) is 0. The summed E-state index contributed by atoms with van der Waals surface area (Å²) in [5.41, 5.74) is 0. The van der Waals surface area contributed by atoms with Crippen molar-refractivity contribution in [3.8, 4) is 0 Å². The van der Waals surface area contributed by atoms with Gasteiger partial charge >= 0.3 is 16.6 Å². The SMILES string of the molecule is CC(F)(F)OS(=O)(=O)F. The molecule has 0 saturated heterocycles. The van der Waals surface area contributed by atoms with E-state index in [1.54, 1.807) is 0 Å². The highest BCUT2D eigenvalue weighted by molar-refractivity contribution is 7.81. The van der Waals surface area contributed by atoms with Crippen molar-refractivity contribution in [2.45, 2.75) is 13.0 Å². The van der Waals surface area contributed by atoms with Gasteiger partial charge in [-0.2, -0.15) is 21.4 Å². The van der Waals surface area contributed by atoms with Crippen molar-refractivity contribution in [2.75, 3.05) is 0 Å². The average Bonchev–Trinajstić information content (AvgIpc) is 1.14. The van der Waals surface area contributed by atoms with E-state index in [-0.39, 0.29) is 6.92 Å². The normalized spacial score (nSPS) is 13.8. The molecule has 0 aromatic heterocycles. The molecule has 0 N–H and O–H groups in total. The lowest BCUT2D eigenvalue weighted by Gasteiger charge is -2.04. The summed E-state index contributed by atoms with van der Waals surface area (Å²) in [6.45, 7) is 0.115. The Morgan fingerprint density at radius 1 is 1.44 bits per heavy atom. The first kappa shape index (κ1) is 8.70. The van der Waals surface area contributed by atoms with Crippen LogP contribution in [0.5, 0.6) is 0 Å². The molecule has 0 bridgehead atoms. The second-order valence-electron chi connectivity index (χ2n) is 1.28. The molecule has 0 rings (SSSR count). The van der Waals surface area contributed by atoms with E-state index in [4.69, 9.17) is 0 Å². The Balaban J connectivity index is 4.07. The molecular formula is C2H3F3O3S. The van der Waals surface area contributed by atoms with Crippen molar-refractivity contribution in [3.63, 3.8) is 0 Å². The van der Waals surface area contributed by atoms with Gasteiger partial charge in [-0.05, 0) is 0 Å². The molecule has 9 heavy (non-hydrogen) atoms. The Morgan fingerprint density at radius 3 is 1.78 bits per heavy atom. The van der Waals surface area contributed by atoms with Gasteiger partial charge in [0.1, 0.15) is 0 Å². The third-order valence-corrected chi connectivity index (χ3v) is 0.738. The quantitative estimate of drug-likeness (QED) is 0.567. The molecule has 0 amide bonds. The average molecular weight is 164 g/mol. The van der Waals surface area contributed by atoms with E-state index < -0.39 is 16.6 Å². The maximum absolute atomic E-state index is 11.4. The molecule has 0 aromatic rings. The largest absolute Gasteiger partial charge is 0.442 e. The maximum Gasteiger partial charge on any atom is 0.442 e. The van der Waals surface area contributed by atoms with Crippen molar-refractivity contribution in [1.29, 1.82) is 0 Å². The Morgan fingerprint density at radius 2 is 1.78 bits per heavy atom. The zero-order valence-electron chi connectivity index (χ0n) is 4.27. The molecule has 0 radical (unpaired) electrons. The first-order valence-corrected chi connectivity index (χ1v) is 3.04. The van der Waals surface area contributed by atoms with Crippen molar-refractivity contribution < 1.29 is 25.3 Å². The molecule has 0 unspecified atom stereocenters. The van der Waals surface area contributed by atoms with Gasteiger partial charge in [0.2, 0.25) is 0 Å². The zero-order chi connectivity index (χ0) is 7.71. The van der Waals surface area contributed by atoms with E-state index >= 15 is 0 Å². The van der Waals surface area contributed by atoms with Crippen LogP contribution in [0.25, 0.3) is 0 Å². The minimum atomic E-state index is -5.53. The third-order valence-electron chi connectivity index (χ3n) is 0.246. The Kier molecular flexibility index (Phi) is 2.07. The second-order valence-corrected chi connectivity index (χ2v) is 2.24. The summed E-state index contributed by atoms with van der Waals surface area (Å²) in [4.78, 5) is 0. The van der Waals surface area contributed by atoms with Crippen molar-refractivity contribution >= 4 is 10.5 Å². The molecule has 0 heterocycles. The zero-order valence-corrected chi connectivity index (χ0v) is 5.08. The highest BCUT2D eigenvalue weighted by atomic mass is 32.3. The summed E-state index contributed by atoms with van der Waals surface area (Å²) in [5.74, 6) is 0. The van der Waals surface area contributed by atoms with Crippen LogP contribution in [-0.4, -0.2) is 14.5 Å². The fourth-order valence-electron chi connectivity index (χ4n) is 0.175. The van der Waals surface area contributed by atoms with Crippen molar-refractivity contribution in [3.05, 3.63) is 0 Å². The number of hydrogen-bond donors (Lipinski definition) is 0. The molecule has 0 saturated carbocycles. The predicted octanol–water partition coefficient (Wildman–Crippen LogP) is 0.830. The lowest BCUT2D eigenvalue weighted by Crippen LogP contribution is -2.17. The van der Waals surface area contributed by atoms with Gasteiger partial charge in [0.25, 0.3) is 0 Å². The fraction of sp³-hybridized carbons (Fsp3) is 1.00. The molecule has 0 aliphatic rings. The van der Waals surface area contributed by atoms with Crippen LogP contribution in [0, 0.1) is 0 Å². The highest BCUT2D eigenvalue weighted by Crippen LogP contribution is 2.16. The van der Waals surface area contributed by atoms with E-state index in [9.17, 15) is 21.1 Å². The molecule has 56 valence electrons. The molecule has 7 heteroatoms. The smallest absolute Gasteiger partial charge is 0.175 e. The molecule has 0 atom stereocenters. The van der Waals surface area contributed by atoms with Gasteiger partial charge < -0.3 is 0 Å². The van der Waals surface area contributed by atoms with Gasteiger partial charge in [-0.15, -0.1) is 0 Å². The summed E-state index contributed by atoms with van der Waals surface area (Å²) in [6, 6.07) is 0. The van der Waals surface area contributed by atoms with Gasteiger partial charge in [-0.25, -0.2) is 0 Å². The Bertz CT molecular complexity index is 178. The van der Waals surface area contributed by atoms with Gasteiger partial charge in [0.05, 0.1) is 0 Å². The second kappa shape index (κ2) is 2.14. The molecule has 0 aromatic carbocycles. The van der Waals surface area contributed by atoms with Gasteiger partial charge in [0, 0.05) is 6.92 Å². The van der Waals surface area contributed by atoms with E-state index in [0.717, 1.165) is 0 Å². The fourth-order valence-corrected chi connectivity index (χ4v) is 0.524. The molecule has 3 nitrogen and oxygen atoms in total. The topological polar surface area (TPSA) is 43.4 Å². The number of hydrogen-bond acceptors (Lipinski definition) is 3. The van der Waals surface area contributed by atoms with Gasteiger partial charge in [0.15, 0.2) is 0 Å². The van der Waals surface area contributed by atoms with E-state index in [1.807, 2.05) is 0 Å². The molecule has 0 spiro atoms. The lowest BCUT2D eigenvalue weighted by atomic mass is 10.8. The lowest BCUT2D eigenvalue weighted by molar-refractivity contribution is -0.157. The summed E-state index contributed by atoms with van der Waals surface area (Å²) in [6.07, 6.45) is -3.98. The maximum atomic E-state index is 11.4. The van der Waals surface area contributed by atoms with Crippen LogP contribution < -0.4 is 0 Å². The number of rotatable bonds is 2. The van der Waals surface area contributed by atoms with Crippen LogP contribution in [0.3, 0.4) is 0 Å². The van der Waals surface area contributed by atoms with Crippen molar-refractivity contribution in [2.24, 2.45) is 0 Å². The van der Waals surface area contributed by atoms with E-state index in [2.05, 4.69) is 4.18 Å².